The quantitative estimate of drug-likeness (QED) is 0.824. The second-order valence-corrected chi connectivity index (χ2v) is 6.89. The molecule has 0 N–H and O–H groups in total. The fourth-order valence-corrected chi connectivity index (χ4v) is 3.16. The SMILES string of the molecule is CCS(=O)(=O)N1CCC(Oc2ccc(C)nn2)CC1. The lowest BCUT2D eigenvalue weighted by atomic mass is 10.1. The maximum atomic E-state index is 11.7. The third kappa shape index (κ3) is 3.63. The van der Waals surface area contributed by atoms with Crippen molar-refractivity contribution >= 4 is 10.0 Å². The molecule has 0 bridgehead atoms. The molecule has 1 aliphatic rings. The van der Waals surface area contributed by atoms with Crippen LogP contribution in [0.5, 0.6) is 5.88 Å². The summed E-state index contributed by atoms with van der Waals surface area (Å²) in [5.41, 5.74) is 0.844. The minimum absolute atomic E-state index is 0.0142. The lowest BCUT2D eigenvalue weighted by Crippen LogP contribution is -2.42. The van der Waals surface area contributed by atoms with Gasteiger partial charge >= 0.3 is 0 Å². The number of aryl methyl sites for hydroxylation is 1. The number of nitrogens with zero attached hydrogens (tertiary/aromatic N) is 3. The first-order valence-corrected chi connectivity index (χ1v) is 8.07. The highest BCUT2D eigenvalue weighted by Gasteiger charge is 2.27. The molecule has 0 radical (unpaired) electrons. The van der Waals surface area contributed by atoms with E-state index < -0.39 is 10.0 Å². The van der Waals surface area contributed by atoms with E-state index in [0.717, 1.165) is 5.69 Å². The van der Waals surface area contributed by atoms with Crippen LogP contribution in [-0.4, -0.2) is 47.9 Å². The van der Waals surface area contributed by atoms with Crippen molar-refractivity contribution in [1.29, 1.82) is 0 Å². The molecule has 0 spiro atoms. The molecule has 2 heterocycles. The average Bonchev–Trinajstić information content (AvgIpc) is 2.42. The van der Waals surface area contributed by atoms with E-state index in [4.69, 9.17) is 4.74 Å². The maximum absolute atomic E-state index is 11.7. The van der Waals surface area contributed by atoms with E-state index in [-0.39, 0.29) is 11.9 Å². The number of sulfonamides is 1. The Kier molecular flexibility index (Phi) is 4.36. The molecule has 1 aromatic rings. The fraction of sp³-hybridized carbons (Fsp3) is 0.667. The van der Waals surface area contributed by atoms with Gasteiger partial charge in [-0.15, -0.1) is 5.10 Å². The zero-order valence-electron chi connectivity index (χ0n) is 11.2. The maximum Gasteiger partial charge on any atom is 0.233 e. The van der Waals surface area contributed by atoms with Crippen LogP contribution in [0.25, 0.3) is 0 Å². The van der Waals surface area contributed by atoms with E-state index in [0.29, 0.717) is 31.8 Å². The highest BCUT2D eigenvalue weighted by Crippen LogP contribution is 2.18. The Labute approximate surface area is 113 Å². The van der Waals surface area contributed by atoms with Crippen molar-refractivity contribution in [2.75, 3.05) is 18.8 Å². The van der Waals surface area contributed by atoms with Gasteiger partial charge in [0.1, 0.15) is 6.10 Å². The van der Waals surface area contributed by atoms with Crippen molar-refractivity contribution in [1.82, 2.24) is 14.5 Å². The van der Waals surface area contributed by atoms with E-state index in [9.17, 15) is 8.42 Å². The number of aromatic nitrogens is 2. The van der Waals surface area contributed by atoms with Gasteiger partial charge in [0.2, 0.25) is 15.9 Å². The van der Waals surface area contributed by atoms with Gasteiger partial charge < -0.3 is 4.74 Å². The molecule has 0 amide bonds. The van der Waals surface area contributed by atoms with Crippen molar-refractivity contribution < 1.29 is 13.2 Å². The minimum Gasteiger partial charge on any atom is -0.473 e. The molecule has 7 heteroatoms. The van der Waals surface area contributed by atoms with Crippen LogP contribution in [0.2, 0.25) is 0 Å². The molecule has 2 rings (SSSR count). The van der Waals surface area contributed by atoms with Crippen LogP contribution in [0.15, 0.2) is 12.1 Å². The van der Waals surface area contributed by atoms with Gasteiger partial charge in [0.15, 0.2) is 0 Å². The Hall–Kier alpha value is -1.21. The second-order valence-electron chi connectivity index (χ2n) is 4.63. The summed E-state index contributed by atoms with van der Waals surface area (Å²) in [6.45, 7) is 4.56. The van der Waals surface area contributed by atoms with Gasteiger partial charge in [0.05, 0.1) is 11.4 Å². The minimum atomic E-state index is -3.07. The molecule has 0 aliphatic carbocycles. The summed E-state index contributed by atoms with van der Waals surface area (Å²) >= 11 is 0. The Bertz CT molecular complexity index is 508. The van der Waals surface area contributed by atoms with E-state index in [2.05, 4.69) is 10.2 Å². The first-order valence-electron chi connectivity index (χ1n) is 6.46. The van der Waals surface area contributed by atoms with Gasteiger partial charge in [0, 0.05) is 19.2 Å². The molecule has 0 aromatic carbocycles. The number of piperidine rings is 1. The van der Waals surface area contributed by atoms with Crippen LogP contribution >= 0.6 is 0 Å². The van der Waals surface area contributed by atoms with Gasteiger partial charge in [-0.3, -0.25) is 0 Å². The molecule has 106 valence electrons. The predicted octanol–water partition coefficient (Wildman–Crippen LogP) is 0.978. The molecular weight excluding hydrogens is 266 g/mol. The standard InChI is InChI=1S/C12H19N3O3S/c1-3-19(16,17)15-8-6-11(7-9-15)18-12-5-4-10(2)13-14-12/h4-5,11H,3,6-9H2,1-2H3. The van der Waals surface area contributed by atoms with Gasteiger partial charge in [0.25, 0.3) is 0 Å². The first-order chi connectivity index (χ1) is 9.01. The van der Waals surface area contributed by atoms with E-state index in [1.54, 1.807) is 13.0 Å². The average molecular weight is 285 g/mol. The van der Waals surface area contributed by atoms with Crippen LogP contribution in [0.4, 0.5) is 0 Å². The molecule has 1 aromatic heterocycles. The predicted molar refractivity (Wildman–Crippen MR) is 71.5 cm³/mol. The molecule has 1 aliphatic heterocycles. The molecule has 0 saturated carbocycles. The fourth-order valence-electron chi connectivity index (χ4n) is 2.03. The number of hydrogen-bond acceptors (Lipinski definition) is 5. The Balaban J connectivity index is 1.89. The highest BCUT2D eigenvalue weighted by molar-refractivity contribution is 7.89. The third-order valence-corrected chi connectivity index (χ3v) is 5.10. The molecule has 1 saturated heterocycles. The molecule has 6 nitrogen and oxygen atoms in total. The van der Waals surface area contributed by atoms with Crippen molar-refractivity contribution in [2.24, 2.45) is 0 Å². The van der Waals surface area contributed by atoms with Crippen LogP contribution in [0.3, 0.4) is 0 Å². The molecule has 1 fully saturated rings. The monoisotopic (exact) mass is 285 g/mol. The number of rotatable bonds is 4. The summed E-state index contributed by atoms with van der Waals surface area (Å²) < 4.78 is 30.7. The molecular formula is C12H19N3O3S. The Morgan fingerprint density at radius 3 is 2.53 bits per heavy atom. The normalized spacial score (nSPS) is 18.4. The van der Waals surface area contributed by atoms with Crippen molar-refractivity contribution in [3.8, 4) is 5.88 Å². The van der Waals surface area contributed by atoms with Gasteiger partial charge in [-0.2, -0.15) is 5.10 Å². The summed E-state index contributed by atoms with van der Waals surface area (Å²) in [5, 5.41) is 7.88. The van der Waals surface area contributed by atoms with Crippen LogP contribution in [0.1, 0.15) is 25.5 Å². The number of ether oxygens (including phenoxy) is 1. The van der Waals surface area contributed by atoms with Gasteiger partial charge in [-0.1, -0.05) is 0 Å². The second kappa shape index (κ2) is 5.83. The summed E-state index contributed by atoms with van der Waals surface area (Å²) in [7, 11) is -3.07. The van der Waals surface area contributed by atoms with Crippen LogP contribution in [-0.2, 0) is 10.0 Å². The van der Waals surface area contributed by atoms with Gasteiger partial charge in [-0.25, -0.2) is 12.7 Å². The van der Waals surface area contributed by atoms with Crippen molar-refractivity contribution in [2.45, 2.75) is 32.8 Å². The zero-order valence-corrected chi connectivity index (χ0v) is 12.1. The summed E-state index contributed by atoms with van der Waals surface area (Å²) in [6, 6.07) is 3.64. The van der Waals surface area contributed by atoms with E-state index >= 15 is 0 Å². The van der Waals surface area contributed by atoms with Gasteiger partial charge in [-0.05, 0) is 32.8 Å². The molecule has 19 heavy (non-hydrogen) atoms. The number of hydrogen-bond donors (Lipinski definition) is 0. The summed E-state index contributed by atoms with van der Waals surface area (Å²) in [5.74, 6) is 0.657. The van der Waals surface area contributed by atoms with Crippen molar-refractivity contribution in [3.63, 3.8) is 0 Å². The van der Waals surface area contributed by atoms with E-state index in [1.165, 1.54) is 4.31 Å². The zero-order chi connectivity index (χ0) is 13.9. The smallest absolute Gasteiger partial charge is 0.233 e. The summed E-state index contributed by atoms with van der Waals surface area (Å²) in [4.78, 5) is 0. The lowest BCUT2D eigenvalue weighted by Gasteiger charge is -2.30. The third-order valence-electron chi connectivity index (χ3n) is 3.22. The first kappa shape index (κ1) is 14.2. The Morgan fingerprint density at radius 1 is 1.32 bits per heavy atom. The highest BCUT2D eigenvalue weighted by atomic mass is 32.2. The Morgan fingerprint density at radius 2 is 2.00 bits per heavy atom. The topological polar surface area (TPSA) is 72.4 Å². The summed E-state index contributed by atoms with van der Waals surface area (Å²) in [6.07, 6.45) is 1.39. The molecule has 0 unspecified atom stereocenters. The van der Waals surface area contributed by atoms with Crippen molar-refractivity contribution in [3.05, 3.63) is 17.8 Å². The molecule has 0 atom stereocenters. The van der Waals surface area contributed by atoms with Crippen LogP contribution < -0.4 is 4.74 Å². The van der Waals surface area contributed by atoms with E-state index in [1.807, 2.05) is 13.0 Å². The van der Waals surface area contributed by atoms with Crippen LogP contribution in [0, 0.1) is 6.92 Å². The largest absolute Gasteiger partial charge is 0.473 e. The lowest BCUT2D eigenvalue weighted by molar-refractivity contribution is 0.128.